The molecule has 17 heavy (non-hydrogen) atoms. The van der Waals surface area contributed by atoms with E-state index in [0.29, 0.717) is 0 Å². The van der Waals surface area contributed by atoms with Crippen LogP contribution in [0.1, 0.15) is 31.9 Å². The van der Waals surface area contributed by atoms with Gasteiger partial charge in [0.15, 0.2) is 0 Å². The van der Waals surface area contributed by atoms with Gasteiger partial charge in [-0.25, -0.2) is 0 Å². The van der Waals surface area contributed by atoms with E-state index in [0.717, 1.165) is 0 Å². The number of halogens is 1. The number of benzene rings is 1. The summed E-state index contributed by atoms with van der Waals surface area (Å²) in [5.41, 5.74) is 6.18. The Morgan fingerprint density at radius 3 is 2.12 bits per heavy atom. The standard InChI is InChI=1S/C15H21ISi/c1-15(2,3)13-8-7-12(14(16)11-13)9-10-17(4,5)6/h7-8,11H,1-6H3. The molecular formula is C15H21ISi. The van der Waals surface area contributed by atoms with Crippen molar-refractivity contribution in [3.63, 3.8) is 0 Å². The second-order valence-corrected chi connectivity index (χ2v) is 12.4. The molecule has 0 N–H and O–H groups in total. The predicted octanol–water partition coefficient (Wildman–Crippen LogP) is 4.82. The van der Waals surface area contributed by atoms with Crippen LogP contribution in [0, 0.1) is 15.0 Å². The van der Waals surface area contributed by atoms with Crippen LogP contribution in [0.25, 0.3) is 0 Å². The quantitative estimate of drug-likeness (QED) is 0.355. The molecule has 0 saturated heterocycles. The Bertz CT molecular complexity index is 464. The molecule has 0 aromatic heterocycles. The van der Waals surface area contributed by atoms with Crippen LogP contribution in [0.3, 0.4) is 0 Å². The molecule has 0 unspecified atom stereocenters. The van der Waals surface area contributed by atoms with E-state index in [-0.39, 0.29) is 5.41 Å². The normalized spacial score (nSPS) is 11.9. The Balaban J connectivity index is 3.10. The minimum absolute atomic E-state index is 0.213. The van der Waals surface area contributed by atoms with Gasteiger partial charge in [-0.1, -0.05) is 52.4 Å². The Kier molecular flexibility index (Phi) is 4.48. The molecule has 92 valence electrons. The number of rotatable bonds is 0. The number of hydrogen-bond donors (Lipinski definition) is 0. The summed E-state index contributed by atoms with van der Waals surface area (Å²) >= 11 is 2.39. The molecule has 2 heteroatoms. The molecule has 0 aliphatic rings. The molecule has 0 heterocycles. The highest BCUT2D eigenvalue weighted by atomic mass is 127. The number of hydrogen-bond acceptors (Lipinski definition) is 0. The molecular weight excluding hydrogens is 335 g/mol. The summed E-state index contributed by atoms with van der Waals surface area (Å²) in [5.74, 6) is 3.34. The van der Waals surface area contributed by atoms with Crippen molar-refractivity contribution >= 4 is 30.7 Å². The summed E-state index contributed by atoms with van der Waals surface area (Å²) < 4.78 is 1.26. The largest absolute Gasteiger partial charge is 0.129 e. The highest BCUT2D eigenvalue weighted by molar-refractivity contribution is 14.1. The fourth-order valence-electron chi connectivity index (χ4n) is 1.34. The molecule has 0 atom stereocenters. The second kappa shape index (κ2) is 5.15. The zero-order valence-electron chi connectivity index (χ0n) is 11.6. The fourth-order valence-corrected chi connectivity index (χ4v) is 2.50. The van der Waals surface area contributed by atoms with Crippen LogP contribution in [0.2, 0.25) is 19.6 Å². The van der Waals surface area contributed by atoms with Crippen LogP contribution in [0.4, 0.5) is 0 Å². The summed E-state index contributed by atoms with van der Waals surface area (Å²) in [6, 6.07) is 6.63. The van der Waals surface area contributed by atoms with E-state index in [1.165, 1.54) is 14.7 Å². The molecule has 1 rings (SSSR count). The van der Waals surface area contributed by atoms with E-state index < -0.39 is 8.07 Å². The summed E-state index contributed by atoms with van der Waals surface area (Å²) in [7, 11) is -1.28. The first-order chi connectivity index (χ1) is 7.59. The molecule has 1 aromatic carbocycles. The van der Waals surface area contributed by atoms with Crippen molar-refractivity contribution in [3.8, 4) is 11.5 Å². The Labute approximate surface area is 120 Å². The van der Waals surface area contributed by atoms with Crippen molar-refractivity contribution < 1.29 is 0 Å². The van der Waals surface area contributed by atoms with Crippen LogP contribution in [-0.2, 0) is 5.41 Å². The Hall–Kier alpha value is -0.273. The van der Waals surface area contributed by atoms with Crippen molar-refractivity contribution in [1.82, 2.24) is 0 Å². The van der Waals surface area contributed by atoms with Crippen molar-refractivity contribution in [1.29, 1.82) is 0 Å². The molecule has 0 aliphatic heterocycles. The Morgan fingerprint density at radius 2 is 1.71 bits per heavy atom. The van der Waals surface area contributed by atoms with Crippen LogP contribution in [-0.4, -0.2) is 8.07 Å². The van der Waals surface area contributed by atoms with Gasteiger partial charge in [0.25, 0.3) is 0 Å². The zero-order valence-corrected chi connectivity index (χ0v) is 14.8. The van der Waals surface area contributed by atoms with Gasteiger partial charge in [0.1, 0.15) is 8.07 Å². The van der Waals surface area contributed by atoms with E-state index in [1.54, 1.807) is 0 Å². The molecule has 1 aromatic rings. The molecule has 0 saturated carbocycles. The Morgan fingerprint density at radius 1 is 1.12 bits per heavy atom. The van der Waals surface area contributed by atoms with E-state index in [2.05, 4.69) is 92.7 Å². The topological polar surface area (TPSA) is 0 Å². The average molecular weight is 356 g/mol. The van der Waals surface area contributed by atoms with Gasteiger partial charge < -0.3 is 0 Å². The molecule has 0 aliphatic carbocycles. The molecule has 0 amide bonds. The third kappa shape index (κ3) is 4.85. The molecule has 0 bridgehead atoms. The fraction of sp³-hybridized carbons (Fsp3) is 0.467. The lowest BCUT2D eigenvalue weighted by Gasteiger charge is -2.19. The van der Waals surface area contributed by atoms with Crippen molar-refractivity contribution in [2.24, 2.45) is 0 Å². The van der Waals surface area contributed by atoms with Crippen LogP contribution in [0.5, 0.6) is 0 Å². The maximum Gasteiger partial charge on any atom is 0.129 e. The first-order valence-corrected chi connectivity index (χ1v) is 10.5. The van der Waals surface area contributed by atoms with E-state index >= 15 is 0 Å². The first-order valence-electron chi connectivity index (χ1n) is 5.93. The lowest BCUT2D eigenvalue weighted by molar-refractivity contribution is 0.590. The average Bonchev–Trinajstić information content (AvgIpc) is 2.12. The molecule has 0 nitrogen and oxygen atoms in total. The lowest BCUT2D eigenvalue weighted by atomic mass is 9.87. The third-order valence-corrected chi connectivity index (χ3v) is 4.17. The van der Waals surface area contributed by atoms with Gasteiger partial charge in [0.05, 0.1) is 0 Å². The van der Waals surface area contributed by atoms with Crippen LogP contribution in [0.15, 0.2) is 18.2 Å². The van der Waals surface area contributed by atoms with Crippen molar-refractivity contribution in [2.45, 2.75) is 45.8 Å². The molecule has 0 radical (unpaired) electrons. The van der Waals surface area contributed by atoms with Gasteiger partial charge in [-0.2, -0.15) is 0 Å². The third-order valence-electron chi connectivity index (χ3n) is 2.41. The summed E-state index contributed by atoms with van der Waals surface area (Å²) in [5, 5.41) is 0. The van der Waals surface area contributed by atoms with Gasteiger partial charge in [-0.3, -0.25) is 0 Å². The van der Waals surface area contributed by atoms with Gasteiger partial charge in [-0.05, 0) is 45.7 Å². The highest BCUT2D eigenvalue weighted by Gasteiger charge is 2.14. The van der Waals surface area contributed by atoms with Gasteiger partial charge >= 0.3 is 0 Å². The summed E-state index contributed by atoms with van der Waals surface area (Å²) in [6.07, 6.45) is 0. The monoisotopic (exact) mass is 356 g/mol. The molecule has 0 fully saturated rings. The second-order valence-electron chi connectivity index (χ2n) is 6.44. The summed E-state index contributed by atoms with van der Waals surface area (Å²) in [4.78, 5) is 0. The van der Waals surface area contributed by atoms with Crippen molar-refractivity contribution in [2.75, 3.05) is 0 Å². The lowest BCUT2D eigenvalue weighted by Crippen LogP contribution is -2.16. The minimum Gasteiger partial charge on any atom is -0.127 e. The van der Waals surface area contributed by atoms with Gasteiger partial charge in [0, 0.05) is 9.13 Å². The predicted molar refractivity (Wildman–Crippen MR) is 88.1 cm³/mol. The van der Waals surface area contributed by atoms with E-state index in [1.807, 2.05) is 0 Å². The van der Waals surface area contributed by atoms with Crippen molar-refractivity contribution in [3.05, 3.63) is 32.9 Å². The summed E-state index contributed by atoms with van der Waals surface area (Å²) in [6.45, 7) is 13.5. The smallest absolute Gasteiger partial charge is 0.127 e. The minimum atomic E-state index is -1.28. The SMILES string of the molecule is CC(C)(C)c1ccc(C#C[Si](C)(C)C)c(I)c1. The van der Waals surface area contributed by atoms with E-state index in [9.17, 15) is 0 Å². The van der Waals surface area contributed by atoms with Crippen LogP contribution >= 0.6 is 22.6 Å². The van der Waals surface area contributed by atoms with Gasteiger partial charge in [0.2, 0.25) is 0 Å². The first kappa shape index (κ1) is 14.8. The van der Waals surface area contributed by atoms with E-state index in [4.69, 9.17) is 0 Å². The van der Waals surface area contributed by atoms with Gasteiger partial charge in [-0.15, -0.1) is 5.54 Å². The molecule has 0 spiro atoms. The highest BCUT2D eigenvalue weighted by Crippen LogP contribution is 2.25. The maximum absolute atomic E-state index is 3.42. The maximum atomic E-state index is 3.42. The van der Waals surface area contributed by atoms with Crippen LogP contribution < -0.4 is 0 Å². The zero-order chi connectivity index (χ0) is 13.3.